The van der Waals surface area contributed by atoms with Crippen molar-refractivity contribution in [1.82, 2.24) is 5.16 Å². The van der Waals surface area contributed by atoms with E-state index in [0.29, 0.717) is 5.76 Å². The topological polar surface area (TPSA) is 67.2 Å². The van der Waals surface area contributed by atoms with Crippen LogP contribution in [0.3, 0.4) is 0 Å². The molecule has 6 heteroatoms. The fourth-order valence-electron chi connectivity index (χ4n) is 1.91. The van der Waals surface area contributed by atoms with Crippen LogP contribution in [-0.2, 0) is 0 Å². The molecule has 2 aromatic carbocycles. The quantitative estimate of drug-likeness (QED) is 0.764. The van der Waals surface area contributed by atoms with Crippen LogP contribution in [0.4, 0.5) is 20.7 Å². The molecule has 2 N–H and O–H groups in total. The average molecular weight is 297 g/mol. The largest absolute Gasteiger partial charge is 0.354 e. The molecule has 0 aliphatic carbocycles. The van der Waals surface area contributed by atoms with Gasteiger partial charge in [0.05, 0.1) is 5.69 Å². The first-order valence-corrected chi connectivity index (χ1v) is 6.57. The van der Waals surface area contributed by atoms with E-state index in [0.717, 1.165) is 5.56 Å². The lowest BCUT2D eigenvalue weighted by atomic mass is 10.2. The Labute approximate surface area is 125 Å². The highest BCUT2D eigenvalue weighted by Gasteiger charge is 2.10. The normalized spacial score (nSPS) is 10.2. The van der Waals surface area contributed by atoms with Gasteiger partial charge in [-0.05, 0) is 12.1 Å². The smallest absolute Gasteiger partial charge is 0.325 e. The van der Waals surface area contributed by atoms with Crippen molar-refractivity contribution < 1.29 is 13.7 Å². The van der Waals surface area contributed by atoms with Crippen molar-refractivity contribution in [3.8, 4) is 11.3 Å². The van der Waals surface area contributed by atoms with Gasteiger partial charge in [-0.15, -0.1) is 0 Å². The Morgan fingerprint density at radius 3 is 2.50 bits per heavy atom. The predicted octanol–water partition coefficient (Wildman–Crippen LogP) is 4.12. The van der Waals surface area contributed by atoms with Crippen molar-refractivity contribution in [3.63, 3.8) is 0 Å². The fourth-order valence-corrected chi connectivity index (χ4v) is 1.91. The van der Waals surface area contributed by atoms with E-state index in [1.165, 1.54) is 12.1 Å². The molecule has 3 rings (SSSR count). The maximum Gasteiger partial charge on any atom is 0.325 e. The van der Waals surface area contributed by atoms with Gasteiger partial charge in [-0.25, -0.2) is 9.18 Å². The Morgan fingerprint density at radius 2 is 1.73 bits per heavy atom. The van der Waals surface area contributed by atoms with Crippen molar-refractivity contribution >= 4 is 17.5 Å². The average Bonchev–Trinajstić information content (AvgIpc) is 2.99. The fraction of sp³-hybridized carbons (Fsp3) is 0. The van der Waals surface area contributed by atoms with Gasteiger partial charge in [0.15, 0.2) is 11.6 Å². The molecule has 110 valence electrons. The number of nitrogens with zero attached hydrogens (tertiary/aromatic N) is 1. The second kappa shape index (κ2) is 6.09. The molecule has 5 nitrogen and oxygen atoms in total. The number of carbonyl (C=O) groups is 1. The molecule has 0 radical (unpaired) electrons. The molecule has 1 heterocycles. The first-order chi connectivity index (χ1) is 10.7. The van der Waals surface area contributed by atoms with E-state index < -0.39 is 11.8 Å². The van der Waals surface area contributed by atoms with Crippen LogP contribution >= 0.6 is 0 Å². The number of benzene rings is 2. The van der Waals surface area contributed by atoms with Crippen molar-refractivity contribution in [2.45, 2.75) is 0 Å². The Kier molecular flexibility index (Phi) is 3.82. The molecule has 0 saturated carbocycles. The van der Waals surface area contributed by atoms with Crippen LogP contribution in [0.2, 0.25) is 0 Å². The van der Waals surface area contributed by atoms with Crippen LogP contribution in [0, 0.1) is 5.82 Å². The standard InChI is InChI=1S/C16H12FN3O2/c17-12-8-4-5-9-13(12)18-16(21)19-15-10-14(22-20-15)11-6-2-1-3-7-11/h1-10H,(H2,18,19,20,21). The summed E-state index contributed by atoms with van der Waals surface area (Å²) in [7, 11) is 0. The van der Waals surface area contributed by atoms with Crippen LogP contribution in [-0.4, -0.2) is 11.2 Å². The van der Waals surface area contributed by atoms with Crippen LogP contribution in [0.1, 0.15) is 0 Å². The van der Waals surface area contributed by atoms with Gasteiger partial charge in [-0.1, -0.05) is 47.6 Å². The van der Waals surface area contributed by atoms with E-state index in [1.54, 1.807) is 18.2 Å². The molecule has 0 aliphatic heterocycles. The van der Waals surface area contributed by atoms with Crippen LogP contribution in [0.5, 0.6) is 0 Å². The van der Waals surface area contributed by atoms with Gasteiger partial charge < -0.3 is 9.84 Å². The zero-order valence-electron chi connectivity index (χ0n) is 11.4. The number of para-hydroxylation sites is 1. The summed E-state index contributed by atoms with van der Waals surface area (Å²) in [5.74, 6) is 0.261. The van der Waals surface area contributed by atoms with Gasteiger partial charge in [0.2, 0.25) is 0 Å². The summed E-state index contributed by atoms with van der Waals surface area (Å²) in [6, 6.07) is 16.3. The van der Waals surface area contributed by atoms with Crippen molar-refractivity contribution in [2.75, 3.05) is 10.6 Å². The minimum absolute atomic E-state index is 0.0896. The Morgan fingerprint density at radius 1 is 1.00 bits per heavy atom. The van der Waals surface area contributed by atoms with E-state index >= 15 is 0 Å². The van der Waals surface area contributed by atoms with Crippen LogP contribution < -0.4 is 10.6 Å². The number of aromatic nitrogens is 1. The maximum atomic E-state index is 13.4. The van der Waals surface area contributed by atoms with Gasteiger partial charge in [0.1, 0.15) is 5.82 Å². The Hall–Kier alpha value is -3.15. The van der Waals surface area contributed by atoms with Crippen molar-refractivity contribution in [3.05, 3.63) is 66.5 Å². The van der Waals surface area contributed by atoms with Crippen molar-refractivity contribution in [1.29, 1.82) is 0 Å². The van der Waals surface area contributed by atoms with E-state index in [-0.39, 0.29) is 11.5 Å². The number of amides is 2. The molecule has 22 heavy (non-hydrogen) atoms. The third kappa shape index (κ3) is 3.12. The third-order valence-corrected chi connectivity index (χ3v) is 2.93. The number of anilines is 2. The lowest BCUT2D eigenvalue weighted by Crippen LogP contribution is -2.20. The highest BCUT2D eigenvalue weighted by atomic mass is 19.1. The van der Waals surface area contributed by atoms with Gasteiger partial charge in [0, 0.05) is 11.6 Å². The summed E-state index contributed by atoms with van der Waals surface area (Å²) in [5.41, 5.74) is 0.935. The molecular weight excluding hydrogens is 285 g/mol. The van der Waals surface area contributed by atoms with E-state index in [1.807, 2.05) is 30.3 Å². The zero-order valence-corrected chi connectivity index (χ0v) is 11.4. The molecule has 0 aliphatic rings. The number of halogens is 1. The number of hydrogen-bond acceptors (Lipinski definition) is 3. The predicted molar refractivity (Wildman–Crippen MR) is 81.0 cm³/mol. The van der Waals surface area contributed by atoms with E-state index in [2.05, 4.69) is 15.8 Å². The SMILES string of the molecule is O=C(Nc1cc(-c2ccccc2)on1)Nc1ccccc1F. The number of hydrogen-bond donors (Lipinski definition) is 2. The Balaban J connectivity index is 1.68. The zero-order chi connectivity index (χ0) is 15.4. The lowest BCUT2D eigenvalue weighted by Gasteiger charge is -2.05. The van der Waals surface area contributed by atoms with Gasteiger partial charge in [0.25, 0.3) is 0 Å². The van der Waals surface area contributed by atoms with Crippen LogP contribution in [0.25, 0.3) is 11.3 Å². The highest BCUT2D eigenvalue weighted by molar-refractivity contribution is 5.99. The van der Waals surface area contributed by atoms with Crippen molar-refractivity contribution in [2.24, 2.45) is 0 Å². The Bertz CT molecular complexity index is 787. The van der Waals surface area contributed by atoms with E-state index in [4.69, 9.17) is 4.52 Å². The lowest BCUT2D eigenvalue weighted by molar-refractivity contribution is 0.262. The molecule has 0 fully saturated rings. The molecular formula is C16H12FN3O2. The molecule has 1 aromatic heterocycles. The summed E-state index contributed by atoms with van der Waals surface area (Å²) in [6.07, 6.45) is 0. The number of nitrogens with one attached hydrogen (secondary N) is 2. The summed E-state index contributed by atoms with van der Waals surface area (Å²) in [5, 5.41) is 8.64. The summed E-state index contributed by atoms with van der Waals surface area (Å²) >= 11 is 0. The second-order valence-electron chi connectivity index (χ2n) is 4.50. The van der Waals surface area contributed by atoms with Gasteiger partial charge in [-0.2, -0.15) is 0 Å². The molecule has 0 atom stereocenters. The summed E-state index contributed by atoms with van der Waals surface area (Å²) in [6.45, 7) is 0. The first-order valence-electron chi connectivity index (χ1n) is 6.57. The molecule has 0 saturated heterocycles. The van der Waals surface area contributed by atoms with E-state index in [9.17, 15) is 9.18 Å². The molecule has 0 unspecified atom stereocenters. The molecule has 2 amide bonds. The molecule has 3 aromatic rings. The third-order valence-electron chi connectivity index (χ3n) is 2.93. The highest BCUT2D eigenvalue weighted by Crippen LogP contribution is 2.22. The van der Waals surface area contributed by atoms with Crippen LogP contribution in [0.15, 0.2) is 65.2 Å². The first kappa shape index (κ1) is 13.8. The second-order valence-corrected chi connectivity index (χ2v) is 4.50. The maximum absolute atomic E-state index is 13.4. The van der Waals surface area contributed by atoms with Gasteiger partial charge >= 0.3 is 6.03 Å². The monoisotopic (exact) mass is 297 g/mol. The molecule has 0 spiro atoms. The molecule has 0 bridgehead atoms. The number of urea groups is 1. The summed E-state index contributed by atoms with van der Waals surface area (Å²) in [4.78, 5) is 11.8. The summed E-state index contributed by atoms with van der Waals surface area (Å²) < 4.78 is 18.6. The van der Waals surface area contributed by atoms with Gasteiger partial charge in [-0.3, -0.25) is 5.32 Å². The minimum Gasteiger partial charge on any atom is -0.354 e. The minimum atomic E-state index is -0.599. The number of carbonyl (C=O) groups excluding carboxylic acids is 1. The number of rotatable bonds is 3.